The van der Waals surface area contributed by atoms with E-state index in [1.54, 1.807) is 12.1 Å². The first-order valence-corrected chi connectivity index (χ1v) is 8.65. The van der Waals surface area contributed by atoms with E-state index < -0.39 is 17.9 Å². The number of fused-ring (bicyclic) bond motifs is 1. The van der Waals surface area contributed by atoms with Crippen molar-refractivity contribution in [1.82, 2.24) is 0 Å². The molecule has 0 aliphatic heterocycles. The molecule has 0 saturated heterocycles. The van der Waals surface area contributed by atoms with Gasteiger partial charge in [0.1, 0.15) is 11.6 Å². The van der Waals surface area contributed by atoms with Crippen molar-refractivity contribution in [2.24, 2.45) is 0 Å². The minimum atomic E-state index is -1.97. The molecule has 0 aliphatic rings. The summed E-state index contributed by atoms with van der Waals surface area (Å²) in [7, 11) is 0. The molecule has 142 valence electrons. The molecule has 0 aromatic heterocycles. The minimum Gasteiger partial charge on any atom is -0.423 e. The number of hydrogen-bond donors (Lipinski definition) is 0. The third-order valence-corrected chi connectivity index (χ3v) is 4.26. The molecule has 3 rings (SSSR count). The predicted octanol–water partition coefficient (Wildman–Crippen LogP) is 6.55. The van der Waals surface area contributed by atoms with Crippen LogP contribution in [0.5, 0.6) is 5.75 Å². The normalized spacial score (nSPS) is 10.5. The quantitative estimate of drug-likeness (QED) is 0.274. The average molecular weight is 382 g/mol. The van der Waals surface area contributed by atoms with Crippen molar-refractivity contribution in [2.45, 2.75) is 12.8 Å². The van der Waals surface area contributed by atoms with Crippen molar-refractivity contribution in [1.29, 1.82) is 0 Å². The van der Waals surface area contributed by atoms with Crippen molar-refractivity contribution in [3.05, 3.63) is 95.8 Å². The monoisotopic (exact) mass is 382 g/mol. The molecular formula is C23H17F3O2. The van der Waals surface area contributed by atoms with Gasteiger partial charge in [0.05, 0.1) is 5.56 Å². The fourth-order valence-electron chi connectivity index (χ4n) is 2.82. The van der Waals surface area contributed by atoms with Gasteiger partial charge in [0.2, 0.25) is 0 Å². The maximum absolute atomic E-state index is 14.3. The lowest BCUT2D eigenvalue weighted by molar-refractivity contribution is 0.0735. The maximum Gasteiger partial charge on any atom is 0.343 e. The van der Waals surface area contributed by atoms with E-state index in [4.69, 9.17) is 4.74 Å². The minimum absolute atomic E-state index is 0.168. The first-order valence-electron chi connectivity index (χ1n) is 8.65. The van der Waals surface area contributed by atoms with Crippen LogP contribution in [0.25, 0.3) is 16.8 Å². The Labute approximate surface area is 160 Å². The number of aryl methyl sites for hydroxylation is 1. The number of halogens is 3. The summed E-state index contributed by atoms with van der Waals surface area (Å²) in [6, 6.07) is 14.2. The maximum atomic E-state index is 14.3. The molecular weight excluding hydrogens is 365 g/mol. The summed E-state index contributed by atoms with van der Waals surface area (Å²) >= 11 is 0. The van der Waals surface area contributed by atoms with Crippen molar-refractivity contribution < 1.29 is 22.7 Å². The highest BCUT2D eigenvalue weighted by molar-refractivity contribution is 5.92. The van der Waals surface area contributed by atoms with Crippen molar-refractivity contribution in [3.63, 3.8) is 0 Å². The van der Waals surface area contributed by atoms with Gasteiger partial charge in [-0.1, -0.05) is 30.3 Å². The number of allylic oxidation sites excluding steroid dienone is 1. The Morgan fingerprint density at radius 3 is 2.46 bits per heavy atom. The summed E-state index contributed by atoms with van der Waals surface area (Å²) in [6.45, 7) is 3.68. The van der Waals surface area contributed by atoms with Crippen molar-refractivity contribution in [2.75, 3.05) is 0 Å². The van der Waals surface area contributed by atoms with Crippen LogP contribution < -0.4 is 4.74 Å². The molecule has 0 aliphatic carbocycles. The largest absolute Gasteiger partial charge is 0.423 e. The zero-order valence-electron chi connectivity index (χ0n) is 14.9. The Balaban J connectivity index is 1.79. The first kappa shape index (κ1) is 19.4. The highest BCUT2D eigenvalue weighted by atomic mass is 19.3. The fraction of sp³-hybridized carbons (Fsp3) is 0.0870. The highest BCUT2D eigenvalue weighted by Crippen LogP contribution is 2.27. The molecule has 0 bridgehead atoms. The fourth-order valence-corrected chi connectivity index (χ4v) is 2.82. The number of rotatable bonds is 6. The number of carbonyl (C=O) groups excluding carboxylic acids is 1. The van der Waals surface area contributed by atoms with Crippen LogP contribution >= 0.6 is 0 Å². The van der Waals surface area contributed by atoms with Gasteiger partial charge in [0.15, 0.2) is 0 Å². The van der Waals surface area contributed by atoms with Gasteiger partial charge in [-0.25, -0.2) is 9.18 Å². The smallest absolute Gasteiger partial charge is 0.343 e. The van der Waals surface area contributed by atoms with Gasteiger partial charge in [0, 0.05) is 17.0 Å². The molecule has 3 aromatic rings. The Hall–Kier alpha value is -3.34. The lowest BCUT2D eigenvalue weighted by Gasteiger charge is -2.08. The lowest BCUT2D eigenvalue weighted by atomic mass is 10.1. The summed E-state index contributed by atoms with van der Waals surface area (Å²) in [5.74, 6) is -1.04. The summed E-state index contributed by atoms with van der Waals surface area (Å²) in [5, 5.41) is 0.611. The molecule has 0 N–H and O–H groups in total. The standard InChI is InChI=1S/C23H17F3O2/c1-2-3-4-15-5-7-16(8-6-15)23(27)28-19-11-12-20-17(13-19)9-10-18(22(20)26)14-21(24)25/h2,5-14H,1,3-4H2. The predicted molar refractivity (Wildman–Crippen MR) is 104 cm³/mol. The van der Waals surface area contributed by atoms with E-state index in [0.717, 1.165) is 18.4 Å². The van der Waals surface area contributed by atoms with Gasteiger partial charge in [-0.15, -0.1) is 6.58 Å². The van der Waals surface area contributed by atoms with Crippen LogP contribution in [0.2, 0.25) is 0 Å². The Morgan fingerprint density at radius 2 is 1.79 bits per heavy atom. The van der Waals surface area contributed by atoms with E-state index in [0.29, 0.717) is 17.0 Å². The lowest BCUT2D eigenvalue weighted by Crippen LogP contribution is -2.08. The van der Waals surface area contributed by atoms with Gasteiger partial charge in [-0.05, 0) is 54.1 Å². The molecule has 0 spiro atoms. The van der Waals surface area contributed by atoms with Crippen LogP contribution in [0, 0.1) is 5.82 Å². The molecule has 0 saturated carbocycles. The molecule has 2 nitrogen and oxygen atoms in total. The summed E-state index contributed by atoms with van der Waals surface area (Å²) < 4.78 is 44.5. The third-order valence-electron chi connectivity index (χ3n) is 4.26. The zero-order valence-corrected chi connectivity index (χ0v) is 14.9. The number of carbonyl (C=O) groups is 1. The molecule has 28 heavy (non-hydrogen) atoms. The third kappa shape index (κ3) is 4.49. The van der Waals surface area contributed by atoms with Crippen LogP contribution in [-0.2, 0) is 6.42 Å². The highest BCUT2D eigenvalue weighted by Gasteiger charge is 2.11. The first-order chi connectivity index (χ1) is 13.5. The summed E-state index contributed by atoms with van der Waals surface area (Å²) in [6.07, 6.45) is 2.03. The van der Waals surface area contributed by atoms with E-state index in [1.807, 2.05) is 18.2 Å². The second-order valence-electron chi connectivity index (χ2n) is 6.20. The number of ether oxygens (including phenoxy) is 1. The van der Waals surface area contributed by atoms with Gasteiger partial charge < -0.3 is 4.74 Å². The van der Waals surface area contributed by atoms with E-state index in [1.165, 1.54) is 30.3 Å². The van der Waals surface area contributed by atoms with E-state index >= 15 is 0 Å². The molecule has 0 fully saturated rings. The number of esters is 1. The molecule has 0 heterocycles. The Kier molecular flexibility index (Phi) is 5.94. The SMILES string of the molecule is C=CCCc1ccc(C(=O)Oc2ccc3c(F)c(C=C(F)F)ccc3c2)cc1. The second-order valence-corrected chi connectivity index (χ2v) is 6.20. The van der Waals surface area contributed by atoms with Crippen LogP contribution in [0.15, 0.2) is 73.3 Å². The van der Waals surface area contributed by atoms with E-state index in [-0.39, 0.29) is 16.7 Å². The second kappa shape index (κ2) is 8.57. The molecule has 0 atom stereocenters. The summed E-state index contributed by atoms with van der Waals surface area (Å²) in [5.41, 5.74) is 1.29. The van der Waals surface area contributed by atoms with Crippen LogP contribution in [0.1, 0.15) is 27.9 Å². The molecule has 5 heteroatoms. The van der Waals surface area contributed by atoms with Crippen LogP contribution in [0.3, 0.4) is 0 Å². The summed E-state index contributed by atoms with van der Waals surface area (Å²) in [4.78, 5) is 12.3. The number of hydrogen-bond acceptors (Lipinski definition) is 2. The molecule has 0 radical (unpaired) electrons. The van der Waals surface area contributed by atoms with Crippen LogP contribution in [0.4, 0.5) is 13.2 Å². The average Bonchev–Trinajstić information content (AvgIpc) is 2.68. The van der Waals surface area contributed by atoms with Gasteiger partial charge >= 0.3 is 5.97 Å². The van der Waals surface area contributed by atoms with Gasteiger partial charge in [-0.3, -0.25) is 0 Å². The van der Waals surface area contributed by atoms with E-state index in [9.17, 15) is 18.0 Å². The number of benzene rings is 3. The van der Waals surface area contributed by atoms with Gasteiger partial charge in [0.25, 0.3) is 6.08 Å². The van der Waals surface area contributed by atoms with Crippen LogP contribution in [-0.4, -0.2) is 5.97 Å². The topological polar surface area (TPSA) is 26.3 Å². The van der Waals surface area contributed by atoms with Gasteiger partial charge in [-0.2, -0.15) is 8.78 Å². The Morgan fingerprint density at radius 1 is 1.04 bits per heavy atom. The van der Waals surface area contributed by atoms with Crippen molar-refractivity contribution in [3.8, 4) is 5.75 Å². The zero-order chi connectivity index (χ0) is 20.1. The van der Waals surface area contributed by atoms with Crippen molar-refractivity contribution >= 4 is 22.8 Å². The molecule has 0 unspecified atom stereocenters. The molecule has 0 amide bonds. The van der Waals surface area contributed by atoms with E-state index in [2.05, 4.69) is 6.58 Å². The molecule has 3 aromatic carbocycles. The Bertz CT molecular complexity index is 1050.